The number of pyridine rings is 1. The van der Waals surface area contributed by atoms with E-state index in [-0.39, 0.29) is 17.3 Å². The Morgan fingerprint density at radius 1 is 1.42 bits per heavy atom. The first-order chi connectivity index (χ1) is 9.10. The molecule has 19 heavy (non-hydrogen) atoms. The normalized spacial score (nSPS) is 10.3. The van der Waals surface area contributed by atoms with Crippen LogP contribution in [0.5, 0.6) is 0 Å². The minimum Gasteiger partial charge on any atom is -0.373 e. The van der Waals surface area contributed by atoms with Crippen molar-refractivity contribution in [3.8, 4) is 0 Å². The average molecular weight is 282 g/mol. The SMILES string of the molecule is CNc1ccc(Cl)c(C(=O)NCc2noc(C)n2)n1. The molecule has 100 valence electrons. The zero-order valence-electron chi connectivity index (χ0n) is 10.4. The Morgan fingerprint density at radius 2 is 2.21 bits per heavy atom. The first-order valence-electron chi connectivity index (χ1n) is 5.52. The van der Waals surface area contributed by atoms with E-state index in [9.17, 15) is 4.79 Å². The summed E-state index contributed by atoms with van der Waals surface area (Å²) in [6, 6.07) is 3.29. The van der Waals surface area contributed by atoms with Gasteiger partial charge in [-0.3, -0.25) is 4.79 Å². The number of rotatable bonds is 4. The van der Waals surface area contributed by atoms with Crippen molar-refractivity contribution >= 4 is 23.3 Å². The summed E-state index contributed by atoms with van der Waals surface area (Å²) in [6.07, 6.45) is 0. The summed E-state index contributed by atoms with van der Waals surface area (Å²) >= 11 is 5.93. The van der Waals surface area contributed by atoms with Crippen molar-refractivity contribution in [3.05, 3.63) is 34.6 Å². The van der Waals surface area contributed by atoms with Crippen molar-refractivity contribution in [2.45, 2.75) is 13.5 Å². The molecule has 0 bridgehead atoms. The van der Waals surface area contributed by atoms with Crippen LogP contribution in [0.2, 0.25) is 5.02 Å². The van der Waals surface area contributed by atoms with Crippen molar-refractivity contribution in [2.24, 2.45) is 0 Å². The molecule has 0 saturated heterocycles. The molecule has 0 spiro atoms. The summed E-state index contributed by atoms with van der Waals surface area (Å²) in [5.41, 5.74) is 0.147. The molecule has 0 saturated carbocycles. The average Bonchev–Trinajstić information content (AvgIpc) is 2.82. The minimum absolute atomic E-state index is 0.147. The molecule has 2 N–H and O–H groups in total. The highest BCUT2D eigenvalue weighted by atomic mass is 35.5. The Kier molecular flexibility index (Phi) is 3.96. The number of aryl methyl sites for hydroxylation is 1. The van der Waals surface area contributed by atoms with Crippen molar-refractivity contribution in [2.75, 3.05) is 12.4 Å². The van der Waals surface area contributed by atoms with Gasteiger partial charge in [0.15, 0.2) is 5.82 Å². The van der Waals surface area contributed by atoms with E-state index >= 15 is 0 Å². The lowest BCUT2D eigenvalue weighted by Crippen LogP contribution is -2.25. The van der Waals surface area contributed by atoms with E-state index in [0.717, 1.165) is 0 Å². The molecule has 0 aliphatic heterocycles. The molecule has 7 nitrogen and oxygen atoms in total. The predicted molar refractivity (Wildman–Crippen MR) is 69.0 cm³/mol. The summed E-state index contributed by atoms with van der Waals surface area (Å²) < 4.78 is 4.80. The Labute approximate surface area is 114 Å². The topological polar surface area (TPSA) is 92.9 Å². The van der Waals surface area contributed by atoms with Gasteiger partial charge in [-0.1, -0.05) is 16.8 Å². The quantitative estimate of drug-likeness (QED) is 0.880. The molecule has 0 atom stereocenters. The third kappa shape index (κ3) is 3.19. The summed E-state index contributed by atoms with van der Waals surface area (Å²) in [5.74, 6) is 0.999. The third-order valence-corrected chi connectivity index (χ3v) is 2.60. The highest BCUT2D eigenvalue weighted by Gasteiger charge is 2.13. The fourth-order valence-corrected chi connectivity index (χ4v) is 1.59. The first kappa shape index (κ1) is 13.3. The number of amides is 1. The molecule has 2 aromatic rings. The number of hydrogen-bond acceptors (Lipinski definition) is 6. The maximum atomic E-state index is 11.9. The number of nitrogens with zero attached hydrogens (tertiary/aromatic N) is 3. The molecule has 0 radical (unpaired) electrons. The lowest BCUT2D eigenvalue weighted by molar-refractivity contribution is 0.0945. The van der Waals surface area contributed by atoms with Crippen LogP contribution < -0.4 is 10.6 Å². The monoisotopic (exact) mass is 281 g/mol. The highest BCUT2D eigenvalue weighted by Crippen LogP contribution is 2.16. The maximum absolute atomic E-state index is 11.9. The lowest BCUT2D eigenvalue weighted by Gasteiger charge is -2.06. The second kappa shape index (κ2) is 5.66. The second-order valence-electron chi connectivity index (χ2n) is 3.69. The zero-order chi connectivity index (χ0) is 13.8. The van der Waals surface area contributed by atoms with Crippen LogP contribution in [0.4, 0.5) is 5.82 Å². The lowest BCUT2D eigenvalue weighted by atomic mass is 10.3. The molecule has 0 aromatic carbocycles. The number of carbonyl (C=O) groups excluding carboxylic acids is 1. The molecule has 2 heterocycles. The molecular formula is C11H12ClN5O2. The van der Waals surface area contributed by atoms with E-state index in [1.54, 1.807) is 26.1 Å². The number of anilines is 1. The van der Waals surface area contributed by atoms with Crippen molar-refractivity contribution in [1.29, 1.82) is 0 Å². The van der Waals surface area contributed by atoms with Gasteiger partial charge in [0.05, 0.1) is 11.6 Å². The Balaban J connectivity index is 2.07. The van der Waals surface area contributed by atoms with E-state index in [1.807, 2.05) is 0 Å². The Morgan fingerprint density at radius 3 is 2.84 bits per heavy atom. The number of aromatic nitrogens is 3. The largest absolute Gasteiger partial charge is 0.373 e. The number of carbonyl (C=O) groups is 1. The van der Waals surface area contributed by atoms with Gasteiger partial charge in [0.1, 0.15) is 11.5 Å². The summed E-state index contributed by atoms with van der Waals surface area (Å²) in [7, 11) is 1.71. The highest BCUT2D eigenvalue weighted by molar-refractivity contribution is 6.33. The molecule has 0 aliphatic rings. The smallest absolute Gasteiger partial charge is 0.271 e. The molecular weight excluding hydrogens is 270 g/mol. The molecule has 2 aromatic heterocycles. The van der Waals surface area contributed by atoms with E-state index in [1.165, 1.54) is 0 Å². The van der Waals surface area contributed by atoms with Gasteiger partial charge in [0.2, 0.25) is 5.89 Å². The van der Waals surface area contributed by atoms with E-state index < -0.39 is 5.91 Å². The second-order valence-corrected chi connectivity index (χ2v) is 4.10. The fourth-order valence-electron chi connectivity index (χ4n) is 1.40. The fraction of sp³-hybridized carbons (Fsp3) is 0.273. The van der Waals surface area contributed by atoms with Gasteiger partial charge in [0, 0.05) is 14.0 Å². The molecule has 1 amide bonds. The number of hydrogen-bond donors (Lipinski definition) is 2. The molecule has 0 fully saturated rings. The van der Waals surface area contributed by atoms with Crippen LogP contribution in [-0.2, 0) is 6.54 Å². The zero-order valence-corrected chi connectivity index (χ0v) is 11.2. The summed E-state index contributed by atoms with van der Waals surface area (Å²) in [5, 5.41) is 9.41. The molecule has 0 aliphatic carbocycles. The Hall–Kier alpha value is -2.15. The maximum Gasteiger partial charge on any atom is 0.271 e. The Bertz CT molecular complexity index is 599. The van der Waals surface area contributed by atoms with E-state index in [0.29, 0.717) is 17.5 Å². The van der Waals surface area contributed by atoms with E-state index in [4.69, 9.17) is 16.1 Å². The van der Waals surface area contributed by atoms with Gasteiger partial charge >= 0.3 is 0 Å². The van der Waals surface area contributed by atoms with Crippen LogP contribution in [0.3, 0.4) is 0 Å². The summed E-state index contributed by atoms with van der Waals surface area (Å²) in [6.45, 7) is 1.82. The molecule has 0 unspecified atom stereocenters. The first-order valence-corrected chi connectivity index (χ1v) is 5.89. The van der Waals surface area contributed by atoms with Crippen LogP contribution in [0.15, 0.2) is 16.7 Å². The van der Waals surface area contributed by atoms with Crippen molar-refractivity contribution in [1.82, 2.24) is 20.4 Å². The molecule has 2 rings (SSSR count). The van der Waals surface area contributed by atoms with Crippen LogP contribution in [0.25, 0.3) is 0 Å². The molecule has 8 heteroatoms. The van der Waals surface area contributed by atoms with Gasteiger partial charge in [-0.05, 0) is 12.1 Å². The van der Waals surface area contributed by atoms with Gasteiger partial charge in [0.25, 0.3) is 5.91 Å². The van der Waals surface area contributed by atoms with Crippen LogP contribution >= 0.6 is 11.6 Å². The minimum atomic E-state index is -0.399. The van der Waals surface area contributed by atoms with Crippen molar-refractivity contribution < 1.29 is 9.32 Å². The van der Waals surface area contributed by atoms with Gasteiger partial charge in [-0.15, -0.1) is 0 Å². The standard InChI is InChI=1S/C11H12ClN5O2/c1-6-15-9(17-19-6)5-14-11(18)10-7(12)3-4-8(13-2)16-10/h3-4H,5H2,1-2H3,(H,13,16)(H,14,18). The summed E-state index contributed by atoms with van der Waals surface area (Å²) in [4.78, 5) is 20.0. The predicted octanol–water partition coefficient (Wildman–Crippen LogP) is 1.40. The van der Waals surface area contributed by atoms with Crippen molar-refractivity contribution in [3.63, 3.8) is 0 Å². The van der Waals surface area contributed by atoms with Gasteiger partial charge < -0.3 is 15.2 Å². The van der Waals surface area contributed by atoms with E-state index in [2.05, 4.69) is 25.8 Å². The number of nitrogens with one attached hydrogen (secondary N) is 2. The van der Waals surface area contributed by atoms with Crippen LogP contribution in [0, 0.1) is 6.92 Å². The third-order valence-electron chi connectivity index (χ3n) is 2.29. The van der Waals surface area contributed by atoms with Gasteiger partial charge in [-0.2, -0.15) is 4.98 Å². The van der Waals surface area contributed by atoms with Gasteiger partial charge in [-0.25, -0.2) is 4.98 Å². The number of halogens is 1. The van der Waals surface area contributed by atoms with Crippen LogP contribution in [0.1, 0.15) is 22.2 Å². The van der Waals surface area contributed by atoms with Crippen LogP contribution in [-0.4, -0.2) is 28.1 Å².